The molecule has 2 heterocycles. The third-order valence-corrected chi connectivity index (χ3v) is 3.93. The van der Waals surface area contributed by atoms with E-state index in [9.17, 15) is 0 Å². The van der Waals surface area contributed by atoms with Crippen LogP contribution in [0.3, 0.4) is 0 Å². The summed E-state index contributed by atoms with van der Waals surface area (Å²) in [5.74, 6) is -0.866. The van der Waals surface area contributed by atoms with Gasteiger partial charge in [0.25, 0.3) is 0 Å². The van der Waals surface area contributed by atoms with E-state index in [4.69, 9.17) is 21.8 Å². The van der Waals surface area contributed by atoms with Crippen molar-refractivity contribution in [3.63, 3.8) is 0 Å². The number of hydrogen-bond acceptors (Lipinski definition) is 4. The van der Waals surface area contributed by atoms with Crippen LogP contribution in [0, 0.1) is 5.92 Å². The van der Waals surface area contributed by atoms with Crippen LogP contribution in [-0.4, -0.2) is 30.5 Å². The summed E-state index contributed by atoms with van der Waals surface area (Å²) in [6.07, 6.45) is 9.21. The standard InChI is InChI=1S/C13H14ClN3.C3H8O2/c1-2-9-3-4-10(7-9)17-6-5-11-12(14)15-8-16-13(11)17;1-3(2,4)5/h2,5-6,8-10H,1,3-4,7H2;4-5H,1-2H3. The Morgan fingerprint density at radius 3 is 2.64 bits per heavy atom. The average molecular weight is 324 g/mol. The van der Waals surface area contributed by atoms with Crippen LogP contribution in [0.25, 0.3) is 11.0 Å². The highest BCUT2D eigenvalue weighted by molar-refractivity contribution is 6.33. The topological polar surface area (TPSA) is 71.2 Å². The van der Waals surface area contributed by atoms with Gasteiger partial charge in [0.15, 0.2) is 5.79 Å². The summed E-state index contributed by atoms with van der Waals surface area (Å²) in [6, 6.07) is 2.51. The lowest BCUT2D eigenvalue weighted by atomic mass is 10.1. The van der Waals surface area contributed by atoms with Gasteiger partial charge in [0, 0.05) is 12.2 Å². The number of nitrogens with zero attached hydrogens (tertiary/aromatic N) is 3. The fourth-order valence-electron chi connectivity index (χ4n) is 2.69. The molecule has 3 rings (SSSR count). The molecule has 22 heavy (non-hydrogen) atoms. The maximum atomic E-state index is 8.08. The zero-order chi connectivity index (χ0) is 16.3. The molecule has 0 spiro atoms. The van der Waals surface area contributed by atoms with Crippen molar-refractivity contribution in [3.05, 3.63) is 36.4 Å². The smallest absolute Gasteiger partial charge is 0.156 e. The molecule has 2 aromatic heterocycles. The zero-order valence-electron chi connectivity index (χ0n) is 12.9. The Balaban J connectivity index is 0.000000309. The lowest BCUT2D eigenvalue weighted by Gasteiger charge is -2.13. The molecule has 2 atom stereocenters. The number of aliphatic hydroxyl groups is 2. The minimum absolute atomic E-state index is 0.515. The number of aromatic nitrogens is 3. The van der Waals surface area contributed by atoms with E-state index in [0.29, 0.717) is 17.1 Å². The highest BCUT2D eigenvalue weighted by Gasteiger charge is 2.25. The van der Waals surface area contributed by atoms with E-state index in [2.05, 4.69) is 33.4 Å². The van der Waals surface area contributed by atoms with Crippen molar-refractivity contribution in [1.29, 1.82) is 0 Å². The summed E-state index contributed by atoms with van der Waals surface area (Å²) in [5.41, 5.74) is 0.944. The van der Waals surface area contributed by atoms with Gasteiger partial charge < -0.3 is 14.8 Å². The quantitative estimate of drug-likeness (QED) is 0.505. The Labute approximate surface area is 135 Å². The van der Waals surface area contributed by atoms with E-state index < -0.39 is 5.79 Å². The summed E-state index contributed by atoms with van der Waals surface area (Å²) in [5, 5.41) is 17.6. The van der Waals surface area contributed by atoms with Gasteiger partial charge in [-0.25, -0.2) is 9.97 Å². The second kappa shape index (κ2) is 6.77. The van der Waals surface area contributed by atoms with E-state index >= 15 is 0 Å². The molecule has 0 aromatic carbocycles. The molecule has 2 aromatic rings. The van der Waals surface area contributed by atoms with Crippen molar-refractivity contribution in [3.8, 4) is 0 Å². The monoisotopic (exact) mass is 323 g/mol. The third kappa shape index (κ3) is 4.29. The normalized spacial score (nSPS) is 21.5. The molecule has 0 bridgehead atoms. The van der Waals surface area contributed by atoms with Gasteiger partial charge in [-0.15, -0.1) is 6.58 Å². The van der Waals surface area contributed by atoms with Gasteiger partial charge >= 0.3 is 0 Å². The molecule has 1 saturated carbocycles. The van der Waals surface area contributed by atoms with Crippen LogP contribution in [0.1, 0.15) is 39.2 Å². The Morgan fingerprint density at radius 1 is 1.36 bits per heavy atom. The summed E-state index contributed by atoms with van der Waals surface area (Å²) in [7, 11) is 0. The Bertz CT molecular complexity index is 642. The Morgan fingerprint density at radius 2 is 2.05 bits per heavy atom. The van der Waals surface area contributed by atoms with Crippen LogP contribution in [-0.2, 0) is 0 Å². The molecule has 0 aliphatic heterocycles. The Kier molecular flexibility index (Phi) is 5.21. The molecule has 1 aliphatic rings. The summed E-state index contributed by atoms with van der Waals surface area (Å²) in [4.78, 5) is 8.34. The van der Waals surface area contributed by atoms with E-state index in [-0.39, 0.29) is 0 Å². The maximum absolute atomic E-state index is 8.08. The highest BCUT2D eigenvalue weighted by Crippen LogP contribution is 2.37. The van der Waals surface area contributed by atoms with Gasteiger partial charge in [0.2, 0.25) is 0 Å². The van der Waals surface area contributed by atoms with Gasteiger partial charge in [0.1, 0.15) is 17.1 Å². The summed E-state index contributed by atoms with van der Waals surface area (Å²) >= 11 is 6.05. The number of allylic oxidation sites excluding steroid dienone is 1. The van der Waals surface area contributed by atoms with Gasteiger partial charge in [-0.05, 0) is 45.1 Å². The molecule has 1 fully saturated rings. The largest absolute Gasteiger partial charge is 0.366 e. The number of rotatable bonds is 2. The number of hydrogen-bond donors (Lipinski definition) is 2. The highest BCUT2D eigenvalue weighted by atomic mass is 35.5. The van der Waals surface area contributed by atoms with Crippen LogP contribution in [0.15, 0.2) is 31.2 Å². The molecule has 5 nitrogen and oxygen atoms in total. The minimum atomic E-state index is -1.50. The predicted molar refractivity (Wildman–Crippen MR) is 87.6 cm³/mol. The molecular formula is C16H22ClN3O2. The van der Waals surface area contributed by atoms with E-state index in [0.717, 1.165) is 17.5 Å². The fourth-order valence-corrected chi connectivity index (χ4v) is 2.88. The van der Waals surface area contributed by atoms with Crippen LogP contribution in [0.5, 0.6) is 0 Å². The van der Waals surface area contributed by atoms with Crippen LogP contribution >= 0.6 is 11.6 Å². The van der Waals surface area contributed by atoms with Crippen LogP contribution in [0.4, 0.5) is 0 Å². The second-order valence-corrected chi connectivity index (χ2v) is 6.44. The van der Waals surface area contributed by atoms with Crippen molar-refractivity contribution >= 4 is 22.6 Å². The van der Waals surface area contributed by atoms with Crippen LogP contribution < -0.4 is 0 Å². The van der Waals surface area contributed by atoms with E-state index in [1.807, 2.05) is 6.07 Å². The first-order chi connectivity index (χ1) is 10.3. The zero-order valence-corrected chi connectivity index (χ0v) is 13.7. The fraction of sp³-hybridized carbons (Fsp3) is 0.500. The second-order valence-electron chi connectivity index (χ2n) is 6.08. The van der Waals surface area contributed by atoms with Gasteiger partial charge in [-0.3, -0.25) is 0 Å². The third-order valence-electron chi connectivity index (χ3n) is 3.63. The predicted octanol–water partition coefficient (Wildman–Crippen LogP) is 3.32. The first-order valence-electron chi connectivity index (χ1n) is 7.34. The molecule has 0 radical (unpaired) electrons. The molecule has 120 valence electrons. The minimum Gasteiger partial charge on any atom is -0.366 e. The molecule has 0 amide bonds. The van der Waals surface area contributed by atoms with Gasteiger partial charge in [-0.1, -0.05) is 17.7 Å². The SMILES string of the molecule is C=CC1CCC(n2ccc3c(Cl)ncnc32)C1.CC(C)(O)O. The molecule has 2 N–H and O–H groups in total. The first kappa shape index (κ1) is 16.9. The molecular weight excluding hydrogens is 302 g/mol. The van der Waals surface area contributed by atoms with Crippen molar-refractivity contribution in [2.45, 2.75) is 44.9 Å². The van der Waals surface area contributed by atoms with Crippen molar-refractivity contribution in [2.24, 2.45) is 5.92 Å². The van der Waals surface area contributed by atoms with E-state index in [1.165, 1.54) is 33.0 Å². The summed E-state index contributed by atoms with van der Waals surface area (Å²) in [6.45, 7) is 6.48. The molecule has 0 saturated heterocycles. The van der Waals surface area contributed by atoms with Crippen molar-refractivity contribution in [1.82, 2.24) is 14.5 Å². The van der Waals surface area contributed by atoms with Gasteiger partial charge in [0.05, 0.1) is 5.39 Å². The maximum Gasteiger partial charge on any atom is 0.156 e. The first-order valence-corrected chi connectivity index (χ1v) is 7.71. The number of fused-ring (bicyclic) bond motifs is 1. The van der Waals surface area contributed by atoms with Gasteiger partial charge in [-0.2, -0.15) is 0 Å². The van der Waals surface area contributed by atoms with E-state index in [1.54, 1.807) is 0 Å². The summed E-state index contributed by atoms with van der Waals surface area (Å²) < 4.78 is 2.23. The molecule has 1 aliphatic carbocycles. The average Bonchev–Trinajstić information content (AvgIpc) is 3.02. The number of halogens is 1. The van der Waals surface area contributed by atoms with Crippen LogP contribution in [0.2, 0.25) is 5.15 Å². The lowest BCUT2D eigenvalue weighted by molar-refractivity contribution is -0.127. The molecule has 6 heteroatoms. The molecule has 2 unspecified atom stereocenters. The lowest BCUT2D eigenvalue weighted by Crippen LogP contribution is -2.15. The Hall–Kier alpha value is -1.43. The van der Waals surface area contributed by atoms with Crippen molar-refractivity contribution in [2.75, 3.05) is 0 Å². The van der Waals surface area contributed by atoms with Crippen molar-refractivity contribution < 1.29 is 10.2 Å².